The van der Waals surface area contributed by atoms with E-state index in [4.69, 9.17) is 25.7 Å². The number of anilines is 1. The molecule has 4 N–H and O–H groups in total. The summed E-state index contributed by atoms with van der Waals surface area (Å²) in [5, 5.41) is -1.20. The van der Waals surface area contributed by atoms with Crippen LogP contribution in [0.25, 0.3) is 11.2 Å². The third-order valence-electron chi connectivity index (χ3n) is 9.08. The van der Waals surface area contributed by atoms with Crippen molar-refractivity contribution in [2.24, 2.45) is 5.73 Å². The SMILES string of the molecule is COc1ccc(C(OC[C@H]2O[C@@H](n3cnc4c(N)ncnc43)[C@H](N)[C@H]2S(=O)(=O)c2ccc(C)cc2)(c2ccccc2)c2ccccc2)cc1. The Morgan fingerprint density at radius 3 is 2.06 bits per heavy atom. The highest BCUT2D eigenvalue weighted by atomic mass is 32.2. The van der Waals surface area contributed by atoms with Crippen molar-refractivity contribution in [1.82, 2.24) is 19.5 Å². The molecule has 250 valence electrons. The highest BCUT2D eigenvalue weighted by Gasteiger charge is 2.52. The van der Waals surface area contributed by atoms with Gasteiger partial charge in [0, 0.05) is 0 Å². The van der Waals surface area contributed by atoms with Gasteiger partial charge in [-0.15, -0.1) is 0 Å². The number of sulfone groups is 1. The van der Waals surface area contributed by atoms with Gasteiger partial charge in [-0.05, 0) is 47.9 Å². The number of nitrogen functional groups attached to an aromatic ring is 1. The largest absolute Gasteiger partial charge is 0.497 e. The maximum Gasteiger partial charge on any atom is 0.185 e. The molecule has 12 heteroatoms. The first-order valence-corrected chi connectivity index (χ1v) is 17.3. The summed E-state index contributed by atoms with van der Waals surface area (Å²) < 4.78 is 49.8. The Balaban J connectivity index is 1.35. The predicted molar refractivity (Wildman–Crippen MR) is 185 cm³/mol. The van der Waals surface area contributed by atoms with E-state index in [0.29, 0.717) is 16.9 Å². The molecule has 4 aromatic carbocycles. The summed E-state index contributed by atoms with van der Waals surface area (Å²) in [7, 11) is -2.43. The second-order valence-electron chi connectivity index (χ2n) is 12.0. The number of imidazole rings is 1. The summed E-state index contributed by atoms with van der Waals surface area (Å²) in [4.78, 5) is 12.9. The summed E-state index contributed by atoms with van der Waals surface area (Å²) in [6.45, 7) is 1.76. The van der Waals surface area contributed by atoms with Gasteiger partial charge >= 0.3 is 0 Å². The van der Waals surface area contributed by atoms with Crippen LogP contribution in [0.2, 0.25) is 0 Å². The zero-order chi connectivity index (χ0) is 34.2. The van der Waals surface area contributed by atoms with E-state index in [1.54, 1.807) is 35.9 Å². The van der Waals surface area contributed by atoms with Crippen LogP contribution >= 0.6 is 0 Å². The number of rotatable bonds is 10. The molecule has 0 radical (unpaired) electrons. The Labute approximate surface area is 284 Å². The van der Waals surface area contributed by atoms with Gasteiger partial charge in [-0.2, -0.15) is 0 Å². The Kier molecular flexibility index (Phi) is 8.63. The number of hydrogen-bond donors (Lipinski definition) is 2. The van der Waals surface area contributed by atoms with Crippen molar-refractivity contribution in [2.75, 3.05) is 19.5 Å². The summed E-state index contributed by atoms with van der Waals surface area (Å²) in [5.41, 5.74) is 16.0. The Hall–Kier alpha value is -5.14. The normalized spacial score (nSPS) is 19.7. The van der Waals surface area contributed by atoms with Crippen LogP contribution < -0.4 is 16.2 Å². The second-order valence-corrected chi connectivity index (χ2v) is 14.1. The standard InChI is InChI=1S/C37H36N6O5S/c1-24-13-19-29(20-14-24)49(44,45)33-30(48-36(31(33)38)43-23-42-32-34(39)40-22-41-35(32)43)21-47-37(25-9-5-3-6-10-25,26-11-7-4-8-12-26)27-15-17-28(46-2)18-16-27/h3-20,22-23,30-31,33,36H,21,38H2,1-2H3,(H2,39,40,41)/t30-,31-,33+,36-/m1/s1. The maximum atomic E-state index is 14.5. The lowest BCUT2D eigenvalue weighted by molar-refractivity contribution is -0.0761. The van der Waals surface area contributed by atoms with Crippen molar-refractivity contribution in [2.45, 2.75) is 41.0 Å². The zero-order valence-corrected chi connectivity index (χ0v) is 27.8. The topological polar surface area (TPSA) is 157 Å². The fourth-order valence-electron chi connectivity index (χ4n) is 6.62. The molecule has 0 unspecified atom stereocenters. The maximum absolute atomic E-state index is 14.5. The molecule has 6 aromatic rings. The van der Waals surface area contributed by atoms with Crippen LogP contribution in [0.3, 0.4) is 0 Å². The van der Waals surface area contributed by atoms with Crippen molar-refractivity contribution >= 4 is 26.8 Å². The predicted octanol–water partition coefficient (Wildman–Crippen LogP) is 4.80. The molecule has 4 atom stereocenters. The lowest BCUT2D eigenvalue weighted by Gasteiger charge is -2.37. The minimum atomic E-state index is -4.05. The third-order valence-corrected chi connectivity index (χ3v) is 11.3. The molecule has 1 fully saturated rings. The number of ether oxygens (including phenoxy) is 3. The van der Waals surface area contributed by atoms with Crippen LogP contribution in [-0.2, 0) is 24.9 Å². The fourth-order valence-corrected chi connectivity index (χ4v) is 8.54. The van der Waals surface area contributed by atoms with E-state index >= 15 is 0 Å². The van der Waals surface area contributed by atoms with E-state index in [1.165, 1.54) is 12.7 Å². The second kappa shape index (κ2) is 13.1. The quantitative estimate of drug-likeness (QED) is 0.193. The lowest BCUT2D eigenvalue weighted by atomic mass is 9.80. The molecule has 2 aromatic heterocycles. The van der Waals surface area contributed by atoms with Crippen LogP contribution in [0.15, 0.2) is 127 Å². The van der Waals surface area contributed by atoms with Crippen LogP contribution in [0, 0.1) is 6.92 Å². The molecule has 0 bridgehead atoms. The number of benzene rings is 4. The van der Waals surface area contributed by atoms with Gasteiger partial charge in [-0.1, -0.05) is 90.5 Å². The molecule has 11 nitrogen and oxygen atoms in total. The number of aromatic nitrogens is 4. The number of aryl methyl sites for hydroxylation is 1. The molecule has 1 aliphatic rings. The molecule has 1 aliphatic heterocycles. The van der Waals surface area contributed by atoms with Crippen molar-refractivity contribution in [3.63, 3.8) is 0 Å². The first kappa shape index (κ1) is 32.4. The van der Waals surface area contributed by atoms with E-state index in [1.807, 2.05) is 91.9 Å². The molecule has 3 heterocycles. The van der Waals surface area contributed by atoms with Crippen molar-refractivity contribution < 1.29 is 22.6 Å². The van der Waals surface area contributed by atoms with Crippen LogP contribution in [-0.4, -0.2) is 59.0 Å². The number of nitrogens with zero attached hydrogens (tertiary/aromatic N) is 4. The van der Waals surface area contributed by atoms with E-state index in [0.717, 1.165) is 22.3 Å². The number of nitrogens with two attached hydrogens (primary N) is 2. The lowest BCUT2D eigenvalue weighted by Crippen LogP contribution is -2.46. The van der Waals surface area contributed by atoms with Gasteiger partial charge in [0.15, 0.2) is 27.5 Å². The van der Waals surface area contributed by atoms with E-state index in [2.05, 4.69) is 15.0 Å². The Morgan fingerprint density at radius 2 is 1.45 bits per heavy atom. The molecule has 1 saturated heterocycles. The summed E-state index contributed by atoms with van der Waals surface area (Å²) in [6, 6.07) is 32.9. The average Bonchev–Trinajstić information content (AvgIpc) is 3.71. The van der Waals surface area contributed by atoms with Gasteiger partial charge < -0.3 is 25.7 Å². The molecule has 49 heavy (non-hydrogen) atoms. The van der Waals surface area contributed by atoms with Gasteiger partial charge in [0.25, 0.3) is 0 Å². The average molecular weight is 677 g/mol. The van der Waals surface area contributed by atoms with E-state index in [9.17, 15) is 8.42 Å². The van der Waals surface area contributed by atoms with Crippen LogP contribution in [0.4, 0.5) is 5.82 Å². The van der Waals surface area contributed by atoms with Crippen LogP contribution in [0.5, 0.6) is 5.75 Å². The van der Waals surface area contributed by atoms with Gasteiger partial charge in [0.2, 0.25) is 0 Å². The smallest absolute Gasteiger partial charge is 0.185 e. The van der Waals surface area contributed by atoms with Crippen molar-refractivity contribution in [1.29, 1.82) is 0 Å². The zero-order valence-electron chi connectivity index (χ0n) is 27.0. The van der Waals surface area contributed by atoms with Gasteiger partial charge in [-0.3, -0.25) is 4.57 Å². The first-order chi connectivity index (χ1) is 23.7. The van der Waals surface area contributed by atoms with E-state index in [-0.39, 0.29) is 17.3 Å². The summed E-state index contributed by atoms with van der Waals surface area (Å²) in [6.07, 6.45) is 0.851. The first-order valence-electron chi connectivity index (χ1n) is 15.8. The molecule has 0 saturated carbocycles. The summed E-state index contributed by atoms with van der Waals surface area (Å²) in [5.74, 6) is 0.877. The minimum absolute atomic E-state index is 0.139. The minimum Gasteiger partial charge on any atom is -0.497 e. The van der Waals surface area contributed by atoms with Gasteiger partial charge in [-0.25, -0.2) is 23.4 Å². The molecule has 0 aliphatic carbocycles. The van der Waals surface area contributed by atoms with Crippen molar-refractivity contribution in [3.05, 3.63) is 144 Å². The van der Waals surface area contributed by atoms with E-state index < -0.39 is 39.1 Å². The Bertz CT molecular complexity index is 2120. The van der Waals surface area contributed by atoms with Crippen LogP contribution in [0.1, 0.15) is 28.5 Å². The Morgan fingerprint density at radius 1 is 0.837 bits per heavy atom. The number of hydrogen-bond acceptors (Lipinski definition) is 10. The molecular weight excluding hydrogens is 641 g/mol. The summed E-state index contributed by atoms with van der Waals surface area (Å²) >= 11 is 0. The number of methoxy groups -OCH3 is 1. The molecular formula is C37H36N6O5S. The van der Waals surface area contributed by atoms with Gasteiger partial charge in [0.1, 0.15) is 34.5 Å². The highest BCUT2D eigenvalue weighted by molar-refractivity contribution is 7.92. The monoisotopic (exact) mass is 676 g/mol. The van der Waals surface area contributed by atoms with Crippen molar-refractivity contribution in [3.8, 4) is 5.75 Å². The number of fused-ring (bicyclic) bond motifs is 1. The fraction of sp³-hybridized carbons (Fsp3) is 0.216. The highest BCUT2D eigenvalue weighted by Crippen LogP contribution is 2.43. The van der Waals surface area contributed by atoms with Gasteiger partial charge in [0.05, 0.1) is 31.0 Å². The third kappa shape index (κ3) is 5.72. The molecule has 7 rings (SSSR count). The molecule has 0 spiro atoms. The molecule has 0 amide bonds.